The maximum absolute atomic E-state index is 10.9. The lowest BCUT2D eigenvalue weighted by molar-refractivity contribution is -0.0764. The summed E-state index contributed by atoms with van der Waals surface area (Å²) in [6, 6.07) is 5.95. The first kappa shape index (κ1) is 14.2. The smallest absolute Gasteiger partial charge is 0.161 e. The van der Waals surface area contributed by atoms with Gasteiger partial charge in [0.2, 0.25) is 0 Å². The summed E-state index contributed by atoms with van der Waals surface area (Å²) in [6.45, 7) is 1.21. The van der Waals surface area contributed by atoms with Crippen LogP contribution < -0.4 is 9.47 Å². The van der Waals surface area contributed by atoms with Gasteiger partial charge in [0.05, 0.1) is 6.10 Å². The molecule has 1 aliphatic heterocycles. The van der Waals surface area contributed by atoms with Crippen LogP contribution in [0.15, 0.2) is 18.2 Å². The van der Waals surface area contributed by atoms with Crippen LogP contribution in [-0.4, -0.2) is 18.3 Å². The molecule has 23 heavy (non-hydrogen) atoms. The van der Waals surface area contributed by atoms with E-state index in [9.17, 15) is 5.11 Å². The highest BCUT2D eigenvalue weighted by Crippen LogP contribution is 2.62. The SMILES string of the molecule is O[C@H](CC12CC3CC(CC(C3)C1)C2)c1ccc2c(c1)OCCO2. The molecule has 6 rings (SSSR count). The molecule has 1 aromatic carbocycles. The van der Waals surface area contributed by atoms with Gasteiger partial charge >= 0.3 is 0 Å². The largest absolute Gasteiger partial charge is 0.486 e. The molecule has 4 bridgehead atoms. The Morgan fingerprint density at radius 1 is 0.957 bits per heavy atom. The van der Waals surface area contributed by atoms with Crippen molar-refractivity contribution < 1.29 is 14.6 Å². The maximum atomic E-state index is 10.9. The van der Waals surface area contributed by atoms with Crippen molar-refractivity contribution in [2.24, 2.45) is 23.2 Å². The van der Waals surface area contributed by atoms with Gasteiger partial charge in [0.15, 0.2) is 11.5 Å². The fourth-order valence-electron chi connectivity index (χ4n) is 6.34. The Labute approximate surface area is 138 Å². The van der Waals surface area contributed by atoms with Crippen LogP contribution in [0.25, 0.3) is 0 Å². The van der Waals surface area contributed by atoms with Crippen molar-refractivity contribution in [1.82, 2.24) is 0 Å². The Morgan fingerprint density at radius 3 is 2.22 bits per heavy atom. The molecule has 0 amide bonds. The zero-order valence-electron chi connectivity index (χ0n) is 13.7. The van der Waals surface area contributed by atoms with E-state index in [2.05, 4.69) is 0 Å². The van der Waals surface area contributed by atoms with Crippen molar-refractivity contribution >= 4 is 0 Å². The minimum atomic E-state index is -0.373. The molecule has 4 saturated carbocycles. The first-order chi connectivity index (χ1) is 11.2. The predicted octanol–water partition coefficient (Wildman–Crippen LogP) is 4.10. The zero-order valence-corrected chi connectivity index (χ0v) is 13.7. The number of hydrogen-bond acceptors (Lipinski definition) is 3. The van der Waals surface area contributed by atoms with E-state index in [1.165, 1.54) is 38.5 Å². The summed E-state index contributed by atoms with van der Waals surface area (Å²) in [4.78, 5) is 0. The lowest BCUT2D eigenvalue weighted by Crippen LogP contribution is -2.46. The van der Waals surface area contributed by atoms with Crippen molar-refractivity contribution in [3.8, 4) is 11.5 Å². The van der Waals surface area contributed by atoms with Gasteiger partial charge in [0, 0.05) is 0 Å². The summed E-state index contributed by atoms with van der Waals surface area (Å²) in [5.74, 6) is 4.41. The molecule has 3 heteroatoms. The third kappa shape index (κ3) is 2.44. The number of rotatable bonds is 3. The molecule has 1 atom stereocenters. The number of hydrogen-bond donors (Lipinski definition) is 1. The highest BCUT2D eigenvalue weighted by Gasteiger charge is 2.51. The number of ether oxygens (including phenoxy) is 2. The van der Waals surface area contributed by atoms with Crippen molar-refractivity contribution in [2.75, 3.05) is 13.2 Å². The Kier molecular flexibility index (Phi) is 3.16. The van der Waals surface area contributed by atoms with Crippen LogP contribution in [0.4, 0.5) is 0 Å². The molecular weight excluding hydrogens is 288 g/mol. The molecule has 0 radical (unpaired) electrons. The highest BCUT2D eigenvalue weighted by molar-refractivity contribution is 5.44. The molecule has 5 aliphatic rings. The van der Waals surface area contributed by atoms with Crippen LogP contribution in [0.3, 0.4) is 0 Å². The standard InChI is InChI=1S/C20H26O3/c21-17(16-1-2-18-19(8-16)23-4-3-22-18)12-20-9-13-5-14(10-20)7-15(6-13)11-20/h1-2,8,13-15,17,21H,3-7,9-12H2/t13?,14?,15?,17-,20?/m1/s1. The van der Waals surface area contributed by atoms with Gasteiger partial charge in [0.1, 0.15) is 13.2 Å². The number of benzene rings is 1. The van der Waals surface area contributed by atoms with E-state index in [4.69, 9.17) is 9.47 Å². The van der Waals surface area contributed by atoms with Crippen molar-refractivity contribution in [2.45, 2.75) is 51.0 Å². The van der Waals surface area contributed by atoms with Gasteiger partial charge in [-0.2, -0.15) is 0 Å². The van der Waals surface area contributed by atoms with Crippen LogP contribution in [0, 0.1) is 23.2 Å². The van der Waals surface area contributed by atoms with Gasteiger partial charge in [-0.15, -0.1) is 0 Å². The summed E-state index contributed by atoms with van der Waals surface area (Å²) in [6.07, 6.45) is 8.97. The van der Waals surface area contributed by atoms with Crippen molar-refractivity contribution in [1.29, 1.82) is 0 Å². The number of aliphatic hydroxyl groups excluding tert-OH is 1. The Morgan fingerprint density at radius 2 is 1.57 bits per heavy atom. The number of aliphatic hydroxyl groups is 1. The molecule has 1 aromatic rings. The van der Waals surface area contributed by atoms with Gasteiger partial charge in [-0.1, -0.05) is 6.07 Å². The van der Waals surface area contributed by atoms with Crippen LogP contribution in [0.1, 0.15) is 56.6 Å². The molecule has 3 nitrogen and oxygen atoms in total. The van der Waals surface area contributed by atoms with Crippen LogP contribution in [-0.2, 0) is 0 Å². The van der Waals surface area contributed by atoms with Crippen LogP contribution in [0.2, 0.25) is 0 Å². The molecule has 0 aromatic heterocycles. The van der Waals surface area contributed by atoms with E-state index >= 15 is 0 Å². The van der Waals surface area contributed by atoms with Gasteiger partial charge in [-0.3, -0.25) is 0 Å². The van der Waals surface area contributed by atoms with E-state index in [-0.39, 0.29) is 6.10 Å². The topological polar surface area (TPSA) is 38.7 Å². The Balaban J connectivity index is 1.36. The van der Waals surface area contributed by atoms with Gasteiger partial charge in [-0.05, 0) is 85.8 Å². The van der Waals surface area contributed by atoms with E-state index < -0.39 is 0 Å². The Bertz CT molecular complexity index is 574. The molecule has 0 unspecified atom stereocenters. The molecule has 124 valence electrons. The van der Waals surface area contributed by atoms with E-state index in [0.717, 1.165) is 41.2 Å². The summed E-state index contributed by atoms with van der Waals surface area (Å²) in [5, 5.41) is 10.9. The number of fused-ring (bicyclic) bond motifs is 1. The normalized spacial score (nSPS) is 38.6. The summed E-state index contributed by atoms with van der Waals surface area (Å²) >= 11 is 0. The fourth-order valence-corrected chi connectivity index (χ4v) is 6.34. The first-order valence-corrected chi connectivity index (χ1v) is 9.27. The van der Waals surface area contributed by atoms with E-state index in [1.54, 1.807) is 0 Å². The minimum absolute atomic E-state index is 0.373. The highest BCUT2D eigenvalue weighted by atomic mass is 16.6. The third-order valence-electron chi connectivity index (χ3n) is 6.74. The minimum Gasteiger partial charge on any atom is -0.486 e. The second-order valence-electron chi connectivity index (χ2n) is 8.54. The van der Waals surface area contributed by atoms with Gasteiger partial charge in [-0.25, -0.2) is 0 Å². The van der Waals surface area contributed by atoms with Gasteiger partial charge in [0.25, 0.3) is 0 Å². The molecule has 0 spiro atoms. The summed E-state index contributed by atoms with van der Waals surface area (Å²) < 4.78 is 11.3. The average Bonchev–Trinajstić information content (AvgIpc) is 2.52. The summed E-state index contributed by atoms with van der Waals surface area (Å²) in [5.41, 5.74) is 1.39. The lowest BCUT2D eigenvalue weighted by atomic mass is 9.48. The molecular formula is C20H26O3. The monoisotopic (exact) mass is 314 g/mol. The van der Waals surface area contributed by atoms with E-state index in [1.807, 2.05) is 18.2 Å². The van der Waals surface area contributed by atoms with Crippen molar-refractivity contribution in [3.63, 3.8) is 0 Å². The first-order valence-electron chi connectivity index (χ1n) is 9.27. The van der Waals surface area contributed by atoms with Crippen molar-refractivity contribution in [3.05, 3.63) is 23.8 Å². The Hall–Kier alpha value is -1.22. The third-order valence-corrected chi connectivity index (χ3v) is 6.74. The quantitative estimate of drug-likeness (QED) is 0.913. The summed E-state index contributed by atoms with van der Waals surface area (Å²) in [7, 11) is 0. The van der Waals surface area contributed by atoms with Crippen LogP contribution >= 0.6 is 0 Å². The maximum Gasteiger partial charge on any atom is 0.161 e. The fraction of sp³-hybridized carbons (Fsp3) is 0.700. The lowest BCUT2D eigenvalue weighted by Gasteiger charge is -2.57. The van der Waals surface area contributed by atoms with Crippen LogP contribution in [0.5, 0.6) is 11.5 Å². The molecule has 4 aliphatic carbocycles. The second kappa shape index (κ2) is 5.14. The average molecular weight is 314 g/mol. The molecule has 1 N–H and O–H groups in total. The molecule has 0 saturated heterocycles. The predicted molar refractivity (Wildman–Crippen MR) is 87.6 cm³/mol. The second-order valence-corrected chi connectivity index (χ2v) is 8.54. The molecule has 4 fully saturated rings. The zero-order chi connectivity index (χ0) is 15.4. The van der Waals surface area contributed by atoms with Gasteiger partial charge < -0.3 is 14.6 Å². The molecule has 1 heterocycles. The van der Waals surface area contributed by atoms with E-state index in [0.29, 0.717) is 18.6 Å².